The summed E-state index contributed by atoms with van der Waals surface area (Å²) in [7, 11) is 1.60. The first-order valence-corrected chi connectivity index (χ1v) is 6.17. The van der Waals surface area contributed by atoms with Gasteiger partial charge in [0.1, 0.15) is 5.82 Å². The molecule has 4 heteroatoms. The smallest absolute Gasteiger partial charge is 0.217 e. The Morgan fingerprint density at radius 2 is 2.16 bits per heavy atom. The zero-order chi connectivity index (χ0) is 13.7. The highest BCUT2D eigenvalue weighted by Crippen LogP contribution is 2.17. The van der Waals surface area contributed by atoms with Crippen LogP contribution < -0.4 is 10.1 Å². The minimum absolute atomic E-state index is 0.0561. The van der Waals surface area contributed by atoms with E-state index in [1.807, 2.05) is 25.1 Å². The summed E-state index contributed by atoms with van der Waals surface area (Å²) in [4.78, 5) is 4.14. The van der Waals surface area contributed by atoms with E-state index in [4.69, 9.17) is 4.74 Å². The fourth-order valence-corrected chi connectivity index (χ4v) is 1.90. The third-order valence-electron chi connectivity index (χ3n) is 2.99. The molecule has 0 fully saturated rings. The van der Waals surface area contributed by atoms with Gasteiger partial charge in [0.15, 0.2) is 0 Å². The van der Waals surface area contributed by atoms with Crippen molar-refractivity contribution in [2.24, 2.45) is 0 Å². The van der Waals surface area contributed by atoms with Crippen molar-refractivity contribution in [1.29, 1.82) is 0 Å². The number of hydrogen-bond donors (Lipinski definition) is 1. The third kappa shape index (κ3) is 3.51. The van der Waals surface area contributed by atoms with E-state index in [2.05, 4.69) is 10.3 Å². The molecule has 0 aliphatic rings. The third-order valence-corrected chi connectivity index (χ3v) is 2.99. The van der Waals surface area contributed by atoms with Crippen LogP contribution in [0.2, 0.25) is 0 Å². The molecule has 2 rings (SSSR count). The number of benzene rings is 1. The normalized spacial score (nSPS) is 12.2. The van der Waals surface area contributed by atoms with Gasteiger partial charge in [-0.3, -0.25) is 0 Å². The van der Waals surface area contributed by atoms with Crippen LogP contribution in [0.4, 0.5) is 4.39 Å². The molecule has 0 spiro atoms. The number of pyridine rings is 1. The van der Waals surface area contributed by atoms with E-state index >= 15 is 0 Å². The maximum absolute atomic E-state index is 13.2. The first-order chi connectivity index (χ1) is 9.20. The zero-order valence-electron chi connectivity index (χ0n) is 11.1. The summed E-state index contributed by atoms with van der Waals surface area (Å²) in [5, 5.41) is 3.33. The number of hydrogen-bond acceptors (Lipinski definition) is 3. The Hall–Kier alpha value is -1.94. The summed E-state index contributed by atoms with van der Waals surface area (Å²) in [5.74, 6) is 0.395. The number of methoxy groups -OCH3 is 1. The number of ether oxygens (including phenoxy) is 1. The maximum Gasteiger partial charge on any atom is 0.217 e. The van der Waals surface area contributed by atoms with Crippen LogP contribution in [0.5, 0.6) is 5.88 Å². The monoisotopic (exact) mass is 260 g/mol. The second-order valence-corrected chi connectivity index (χ2v) is 4.33. The maximum atomic E-state index is 13.2. The molecule has 0 amide bonds. The lowest BCUT2D eigenvalue weighted by molar-refractivity contribution is 0.389. The van der Waals surface area contributed by atoms with Crippen LogP contribution in [0.25, 0.3) is 0 Å². The average Bonchev–Trinajstić information content (AvgIpc) is 2.45. The molecule has 3 nitrogen and oxygen atoms in total. The summed E-state index contributed by atoms with van der Waals surface area (Å²) in [5.41, 5.74) is 1.90. The molecule has 0 aliphatic heterocycles. The van der Waals surface area contributed by atoms with Crippen molar-refractivity contribution in [1.82, 2.24) is 10.3 Å². The molecule has 0 radical (unpaired) electrons. The van der Waals surface area contributed by atoms with E-state index in [0.717, 1.165) is 11.1 Å². The van der Waals surface area contributed by atoms with E-state index in [-0.39, 0.29) is 11.9 Å². The van der Waals surface area contributed by atoms with Crippen molar-refractivity contribution in [3.8, 4) is 5.88 Å². The first-order valence-electron chi connectivity index (χ1n) is 6.17. The predicted molar refractivity (Wildman–Crippen MR) is 72.4 cm³/mol. The molecular weight excluding hydrogens is 243 g/mol. The lowest BCUT2D eigenvalue weighted by atomic mass is 10.1. The molecule has 0 bridgehead atoms. The van der Waals surface area contributed by atoms with Gasteiger partial charge >= 0.3 is 0 Å². The molecule has 100 valence electrons. The largest absolute Gasteiger partial charge is 0.481 e. The Kier molecular flexibility index (Phi) is 4.47. The van der Waals surface area contributed by atoms with Crippen LogP contribution in [0.1, 0.15) is 24.1 Å². The summed E-state index contributed by atoms with van der Waals surface area (Å²) in [6, 6.07) is 10.5. The van der Waals surface area contributed by atoms with E-state index in [1.165, 1.54) is 12.1 Å². The molecule has 0 aliphatic carbocycles. The fraction of sp³-hybridized carbons (Fsp3) is 0.267. The molecule has 1 N–H and O–H groups in total. The lowest BCUT2D eigenvalue weighted by Gasteiger charge is -2.15. The van der Waals surface area contributed by atoms with Crippen molar-refractivity contribution >= 4 is 0 Å². The van der Waals surface area contributed by atoms with Crippen LogP contribution in [0.3, 0.4) is 0 Å². The highest BCUT2D eigenvalue weighted by Gasteiger charge is 2.08. The Morgan fingerprint density at radius 3 is 2.89 bits per heavy atom. The molecular formula is C15H17FN2O. The van der Waals surface area contributed by atoms with E-state index < -0.39 is 0 Å². The van der Waals surface area contributed by atoms with Crippen LogP contribution in [-0.2, 0) is 6.54 Å². The number of rotatable bonds is 5. The van der Waals surface area contributed by atoms with Crippen molar-refractivity contribution < 1.29 is 9.13 Å². The fourth-order valence-electron chi connectivity index (χ4n) is 1.90. The van der Waals surface area contributed by atoms with Gasteiger partial charge in [0, 0.05) is 24.3 Å². The molecule has 0 saturated carbocycles. The van der Waals surface area contributed by atoms with Crippen molar-refractivity contribution in [3.05, 3.63) is 59.5 Å². The van der Waals surface area contributed by atoms with E-state index in [0.29, 0.717) is 12.4 Å². The number of aromatic nitrogens is 1. The second-order valence-electron chi connectivity index (χ2n) is 4.33. The van der Waals surface area contributed by atoms with Gasteiger partial charge in [-0.2, -0.15) is 0 Å². The van der Waals surface area contributed by atoms with Gasteiger partial charge < -0.3 is 10.1 Å². The summed E-state index contributed by atoms with van der Waals surface area (Å²) in [6.07, 6.45) is 1.69. The molecule has 1 atom stereocenters. The number of nitrogens with one attached hydrogen (secondary N) is 1. The van der Waals surface area contributed by atoms with Gasteiger partial charge in [-0.05, 0) is 30.7 Å². The molecule has 2 aromatic rings. The molecule has 19 heavy (non-hydrogen) atoms. The molecule has 1 unspecified atom stereocenters. The molecule has 0 saturated heterocycles. The minimum Gasteiger partial charge on any atom is -0.481 e. The van der Waals surface area contributed by atoms with Gasteiger partial charge in [-0.15, -0.1) is 0 Å². The van der Waals surface area contributed by atoms with Crippen molar-refractivity contribution in [3.63, 3.8) is 0 Å². The molecule has 1 heterocycles. The van der Waals surface area contributed by atoms with Crippen LogP contribution in [0.15, 0.2) is 42.6 Å². The highest BCUT2D eigenvalue weighted by atomic mass is 19.1. The predicted octanol–water partition coefficient (Wildman–Crippen LogP) is 3.08. The number of nitrogens with zero attached hydrogens (tertiary/aromatic N) is 1. The first kappa shape index (κ1) is 13.5. The SMILES string of the molecule is COc1ncccc1CNC(C)c1cccc(F)c1. The van der Waals surface area contributed by atoms with Crippen molar-refractivity contribution in [2.75, 3.05) is 7.11 Å². The summed E-state index contributed by atoms with van der Waals surface area (Å²) < 4.78 is 18.3. The quantitative estimate of drug-likeness (QED) is 0.897. The zero-order valence-corrected chi connectivity index (χ0v) is 11.1. The topological polar surface area (TPSA) is 34.1 Å². The van der Waals surface area contributed by atoms with Gasteiger partial charge in [0.2, 0.25) is 5.88 Å². The van der Waals surface area contributed by atoms with E-state index in [9.17, 15) is 4.39 Å². The lowest BCUT2D eigenvalue weighted by Crippen LogP contribution is -2.18. The summed E-state index contributed by atoms with van der Waals surface area (Å²) >= 11 is 0. The van der Waals surface area contributed by atoms with Gasteiger partial charge in [-0.1, -0.05) is 18.2 Å². The van der Waals surface area contributed by atoms with Crippen LogP contribution >= 0.6 is 0 Å². The Morgan fingerprint density at radius 1 is 1.32 bits per heavy atom. The Bertz CT molecular complexity index is 545. The van der Waals surface area contributed by atoms with E-state index in [1.54, 1.807) is 19.4 Å². The van der Waals surface area contributed by atoms with Gasteiger partial charge in [-0.25, -0.2) is 9.37 Å². The Balaban J connectivity index is 2.02. The average molecular weight is 260 g/mol. The van der Waals surface area contributed by atoms with Crippen LogP contribution in [-0.4, -0.2) is 12.1 Å². The molecule has 1 aromatic carbocycles. The highest BCUT2D eigenvalue weighted by molar-refractivity contribution is 5.26. The van der Waals surface area contributed by atoms with Crippen molar-refractivity contribution in [2.45, 2.75) is 19.5 Å². The summed E-state index contributed by atoms with van der Waals surface area (Å²) in [6.45, 7) is 2.62. The number of halogens is 1. The van der Waals surface area contributed by atoms with Crippen LogP contribution in [0, 0.1) is 5.82 Å². The van der Waals surface area contributed by atoms with Gasteiger partial charge in [0.05, 0.1) is 7.11 Å². The minimum atomic E-state index is -0.217. The molecule has 1 aromatic heterocycles. The van der Waals surface area contributed by atoms with Gasteiger partial charge in [0.25, 0.3) is 0 Å². The Labute approximate surface area is 112 Å². The standard InChI is InChI=1S/C15H17FN2O/c1-11(12-5-3-7-14(16)9-12)18-10-13-6-4-8-17-15(13)19-2/h3-9,11,18H,10H2,1-2H3. The second kappa shape index (κ2) is 6.29.